The van der Waals surface area contributed by atoms with Gasteiger partial charge in [-0.1, -0.05) is 44.2 Å². The molecular formula is C21H24O3. The Morgan fingerprint density at radius 1 is 1.12 bits per heavy atom. The summed E-state index contributed by atoms with van der Waals surface area (Å²) in [5, 5.41) is 0. The van der Waals surface area contributed by atoms with Gasteiger partial charge in [0.05, 0.1) is 6.61 Å². The highest BCUT2D eigenvalue weighted by Gasteiger charge is 2.20. The molecule has 0 N–H and O–H groups in total. The number of fused-ring (bicyclic) bond motifs is 2. The second kappa shape index (κ2) is 7.08. The van der Waals surface area contributed by atoms with E-state index >= 15 is 0 Å². The van der Waals surface area contributed by atoms with Crippen molar-refractivity contribution in [1.29, 1.82) is 0 Å². The van der Waals surface area contributed by atoms with E-state index in [1.54, 1.807) is 0 Å². The maximum atomic E-state index is 11.2. The Balaban J connectivity index is 1.85. The molecule has 0 fully saturated rings. The molecule has 3 heteroatoms. The van der Waals surface area contributed by atoms with Crippen molar-refractivity contribution in [2.45, 2.75) is 39.5 Å². The number of rotatable bonds is 5. The highest BCUT2D eigenvalue weighted by Crippen LogP contribution is 2.38. The predicted octanol–water partition coefficient (Wildman–Crippen LogP) is 5.08. The summed E-state index contributed by atoms with van der Waals surface area (Å²) in [4.78, 5) is 11.2. The van der Waals surface area contributed by atoms with E-state index in [1.165, 1.54) is 23.6 Å². The average Bonchev–Trinajstić information content (AvgIpc) is 2.55. The molecule has 0 aromatic heterocycles. The summed E-state index contributed by atoms with van der Waals surface area (Å²) in [6, 6.07) is 14.5. The van der Waals surface area contributed by atoms with Gasteiger partial charge in [0.25, 0.3) is 0 Å². The van der Waals surface area contributed by atoms with E-state index in [0.717, 1.165) is 24.3 Å². The summed E-state index contributed by atoms with van der Waals surface area (Å²) in [6.45, 7) is 6.28. The zero-order valence-corrected chi connectivity index (χ0v) is 14.5. The largest absolute Gasteiger partial charge is 0.465 e. The Labute approximate surface area is 143 Å². The quantitative estimate of drug-likeness (QED) is 0.614. The lowest BCUT2D eigenvalue weighted by molar-refractivity contribution is -0.141. The van der Waals surface area contributed by atoms with Gasteiger partial charge >= 0.3 is 5.97 Å². The van der Waals surface area contributed by atoms with Crippen LogP contribution < -0.4 is 4.74 Å². The number of para-hydroxylation sites is 1. The van der Waals surface area contributed by atoms with E-state index in [2.05, 4.69) is 32.0 Å². The van der Waals surface area contributed by atoms with E-state index in [0.29, 0.717) is 12.5 Å². The van der Waals surface area contributed by atoms with Gasteiger partial charge in [-0.3, -0.25) is 4.79 Å². The Morgan fingerprint density at radius 2 is 1.88 bits per heavy atom. The molecule has 3 nitrogen and oxygen atoms in total. The van der Waals surface area contributed by atoms with Crippen molar-refractivity contribution in [3.8, 4) is 11.5 Å². The lowest BCUT2D eigenvalue weighted by Crippen LogP contribution is -2.14. The summed E-state index contributed by atoms with van der Waals surface area (Å²) in [6.07, 6.45) is 1.87. The number of carbonyl (C=O) groups is 1. The summed E-state index contributed by atoms with van der Waals surface area (Å²) in [7, 11) is 0. The molecule has 0 amide bonds. The topological polar surface area (TPSA) is 35.5 Å². The van der Waals surface area contributed by atoms with Crippen molar-refractivity contribution in [3.05, 3.63) is 59.2 Å². The highest BCUT2D eigenvalue weighted by molar-refractivity contribution is 5.66. The van der Waals surface area contributed by atoms with Crippen molar-refractivity contribution in [1.82, 2.24) is 0 Å². The minimum Gasteiger partial charge on any atom is -0.465 e. The Bertz CT molecular complexity index is 734. The van der Waals surface area contributed by atoms with Crippen LogP contribution in [-0.4, -0.2) is 12.6 Å². The monoisotopic (exact) mass is 324 g/mol. The van der Waals surface area contributed by atoms with Gasteiger partial charge in [0.1, 0.15) is 11.5 Å². The third-order valence-corrected chi connectivity index (χ3v) is 4.37. The van der Waals surface area contributed by atoms with E-state index < -0.39 is 0 Å². The van der Waals surface area contributed by atoms with Gasteiger partial charge in [0, 0.05) is 19.3 Å². The van der Waals surface area contributed by atoms with Crippen LogP contribution in [-0.2, 0) is 16.0 Å². The zero-order chi connectivity index (χ0) is 17.1. The Hall–Kier alpha value is -2.29. The fraction of sp³-hybridized carbons (Fsp3) is 0.381. The van der Waals surface area contributed by atoms with E-state index in [4.69, 9.17) is 9.47 Å². The van der Waals surface area contributed by atoms with E-state index in [-0.39, 0.29) is 11.9 Å². The summed E-state index contributed by atoms with van der Waals surface area (Å²) < 4.78 is 11.3. The lowest BCUT2D eigenvalue weighted by Gasteiger charge is -2.24. The number of hydrogen-bond donors (Lipinski definition) is 0. The van der Waals surface area contributed by atoms with Gasteiger partial charge < -0.3 is 9.47 Å². The standard InChI is InChI=1S/C21H24O3/c1-14(2)10-19(13-23-15(3)22)16-8-9-21-18(11-16)12-17-6-4-5-7-20(17)24-21/h4-9,11,14,19H,10,12-13H2,1-3H3. The number of hydrogen-bond acceptors (Lipinski definition) is 3. The number of benzene rings is 2. The Kier molecular flexibility index (Phi) is 4.89. The fourth-order valence-corrected chi connectivity index (χ4v) is 3.25. The molecule has 24 heavy (non-hydrogen) atoms. The second-order valence-electron chi connectivity index (χ2n) is 6.88. The van der Waals surface area contributed by atoms with Gasteiger partial charge in [0.15, 0.2) is 0 Å². The minimum atomic E-state index is -0.223. The number of esters is 1. The normalized spacial score (nSPS) is 13.7. The van der Waals surface area contributed by atoms with Crippen LogP contribution in [0.5, 0.6) is 11.5 Å². The molecule has 126 valence electrons. The molecule has 2 aromatic rings. The molecule has 1 aliphatic rings. The summed E-state index contributed by atoms with van der Waals surface area (Å²) in [5.74, 6) is 2.40. The molecule has 1 heterocycles. The van der Waals surface area contributed by atoms with Crippen LogP contribution in [0.2, 0.25) is 0 Å². The minimum absolute atomic E-state index is 0.219. The van der Waals surface area contributed by atoms with Crippen LogP contribution in [0, 0.1) is 5.92 Å². The zero-order valence-electron chi connectivity index (χ0n) is 14.5. The average molecular weight is 324 g/mol. The molecule has 2 aromatic carbocycles. The molecule has 0 aliphatic carbocycles. The van der Waals surface area contributed by atoms with Gasteiger partial charge in [-0.25, -0.2) is 0 Å². The molecule has 0 spiro atoms. The van der Waals surface area contributed by atoms with Crippen LogP contribution in [0.15, 0.2) is 42.5 Å². The molecule has 3 rings (SSSR count). The molecular weight excluding hydrogens is 300 g/mol. The number of carbonyl (C=O) groups excluding carboxylic acids is 1. The van der Waals surface area contributed by atoms with Crippen molar-refractivity contribution in [2.75, 3.05) is 6.61 Å². The third-order valence-electron chi connectivity index (χ3n) is 4.37. The van der Waals surface area contributed by atoms with Crippen LogP contribution in [0.1, 0.15) is 49.8 Å². The second-order valence-corrected chi connectivity index (χ2v) is 6.88. The SMILES string of the molecule is CC(=O)OCC(CC(C)C)c1ccc2c(c1)Cc1ccccc1O2. The van der Waals surface area contributed by atoms with Gasteiger partial charge in [-0.2, -0.15) is 0 Å². The van der Waals surface area contributed by atoms with Crippen molar-refractivity contribution in [3.63, 3.8) is 0 Å². The van der Waals surface area contributed by atoms with Gasteiger partial charge in [0.2, 0.25) is 0 Å². The lowest BCUT2D eigenvalue weighted by atomic mass is 9.88. The number of ether oxygens (including phenoxy) is 2. The van der Waals surface area contributed by atoms with E-state index in [1.807, 2.05) is 24.3 Å². The maximum Gasteiger partial charge on any atom is 0.302 e. The molecule has 0 saturated carbocycles. The van der Waals surface area contributed by atoms with Crippen molar-refractivity contribution < 1.29 is 14.3 Å². The molecule has 1 aliphatic heterocycles. The highest BCUT2D eigenvalue weighted by atomic mass is 16.5. The molecule has 1 atom stereocenters. The predicted molar refractivity (Wildman–Crippen MR) is 94.6 cm³/mol. The maximum absolute atomic E-state index is 11.2. The van der Waals surface area contributed by atoms with Gasteiger partial charge in [-0.05, 0) is 41.2 Å². The molecule has 0 saturated heterocycles. The first-order valence-corrected chi connectivity index (χ1v) is 8.55. The smallest absolute Gasteiger partial charge is 0.302 e. The van der Waals surface area contributed by atoms with Crippen LogP contribution >= 0.6 is 0 Å². The Morgan fingerprint density at radius 3 is 2.62 bits per heavy atom. The first kappa shape index (κ1) is 16.6. The van der Waals surface area contributed by atoms with Crippen LogP contribution in [0.25, 0.3) is 0 Å². The fourth-order valence-electron chi connectivity index (χ4n) is 3.25. The third kappa shape index (κ3) is 3.78. The van der Waals surface area contributed by atoms with Crippen LogP contribution in [0.4, 0.5) is 0 Å². The summed E-state index contributed by atoms with van der Waals surface area (Å²) in [5.41, 5.74) is 3.62. The summed E-state index contributed by atoms with van der Waals surface area (Å²) >= 11 is 0. The van der Waals surface area contributed by atoms with Gasteiger partial charge in [-0.15, -0.1) is 0 Å². The van der Waals surface area contributed by atoms with Crippen LogP contribution in [0.3, 0.4) is 0 Å². The van der Waals surface area contributed by atoms with Crippen molar-refractivity contribution in [2.24, 2.45) is 5.92 Å². The molecule has 1 unspecified atom stereocenters. The molecule has 0 bridgehead atoms. The van der Waals surface area contributed by atoms with Crippen molar-refractivity contribution >= 4 is 5.97 Å². The molecule has 0 radical (unpaired) electrons. The first-order chi connectivity index (χ1) is 11.5. The first-order valence-electron chi connectivity index (χ1n) is 8.55. The van der Waals surface area contributed by atoms with E-state index in [9.17, 15) is 4.79 Å².